The van der Waals surface area contributed by atoms with Crippen LogP contribution < -0.4 is 10.7 Å². The number of hydrazone groups is 1. The van der Waals surface area contributed by atoms with Gasteiger partial charge in [0.1, 0.15) is 0 Å². The summed E-state index contributed by atoms with van der Waals surface area (Å²) < 4.78 is 1.04. The first-order valence-corrected chi connectivity index (χ1v) is 8.95. The van der Waals surface area contributed by atoms with E-state index in [1.807, 2.05) is 56.3 Å². The topological polar surface area (TPSA) is 66.4 Å². The fourth-order valence-electron chi connectivity index (χ4n) is 2.30. The normalized spacial score (nSPS) is 11.6. The minimum atomic E-state index is -0.116. The summed E-state index contributed by atoms with van der Waals surface area (Å²) in [5.74, 6) is -0.116. The lowest BCUT2D eigenvalue weighted by molar-refractivity contribution is 0.102. The van der Waals surface area contributed by atoms with Gasteiger partial charge in [0, 0.05) is 17.0 Å². The van der Waals surface area contributed by atoms with E-state index in [0.717, 1.165) is 38.7 Å². The summed E-state index contributed by atoms with van der Waals surface area (Å²) in [7, 11) is 0. The van der Waals surface area contributed by atoms with Crippen molar-refractivity contribution in [2.45, 2.75) is 27.2 Å². The first-order chi connectivity index (χ1) is 12.1. The molecule has 0 saturated carbocycles. The minimum absolute atomic E-state index is 0.116. The van der Waals surface area contributed by atoms with Crippen LogP contribution >= 0.6 is 11.3 Å². The van der Waals surface area contributed by atoms with Crippen molar-refractivity contribution < 1.29 is 4.79 Å². The lowest BCUT2D eigenvalue weighted by Gasteiger charge is -2.07. The van der Waals surface area contributed by atoms with Gasteiger partial charge >= 0.3 is 0 Å². The maximum Gasteiger partial charge on any atom is 0.255 e. The van der Waals surface area contributed by atoms with Crippen molar-refractivity contribution in [3.05, 3.63) is 53.6 Å². The van der Waals surface area contributed by atoms with Crippen LogP contribution in [0.1, 0.15) is 36.2 Å². The van der Waals surface area contributed by atoms with Crippen LogP contribution in [0.3, 0.4) is 0 Å². The smallest absolute Gasteiger partial charge is 0.255 e. The highest BCUT2D eigenvalue weighted by atomic mass is 32.1. The number of benzene rings is 2. The number of carbonyl (C=O) groups is 1. The molecule has 1 amide bonds. The average Bonchev–Trinajstić information content (AvgIpc) is 3.02. The molecule has 1 heterocycles. The van der Waals surface area contributed by atoms with Gasteiger partial charge in [-0.1, -0.05) is 36.5 Å². The third-order valence-electron chi connectivity index (χ3n) is 3.89. The Balaban J connectivity index is 1.79. The molecule has 0 spiro atoms. The number of thiazole rings is 1. The largest absolute Gasteiger partial charge is 0.322 e. The second-order valence-corrected chi connectivity index (χ2v) is 6.81. The van der Waals surface area contributed by atoms with Crippen LogP contribution in [-0.2, 0) is 0 Å². The van der Waals surface area contributed by atoms with Gasteiger partial charge in [-0.25, -0.2) is 4.98 Å². The van der Waals surface area contributed by atoms with E-state index in [2.05, 4.69) is 27.8 Å². The summed E-state index contributed by atoms with van der Waals surface area (Å²) in [5.41, 5.74) is 7.19. The van der Waals surface area contributed by atoms with Crippen LogP contribution in [-0.4, -0.2) is 16.6 Å². The number of amides is 1. The number of fused-ring (bicyclic) bond motifs is 1. The second kappa shape index (κ2) is 7.44. The van der Waals surface area contributed by atoms with Crippen LogP contribution in [0.5, 0.6) is 0 Å². The van der Waals surface area contributed by atoms with Gasteiger partial charge in [0.15, 0.2) is 0 Å². The quantitative estimate of drug-likeness (QED) is 0.498. The molecule has 0 aliphatic rings. The van der Waals surface area contributed by atoms with E-state index in [-0.39, 0.29) is 5.91 Å². The standard InChI is InChI=1S/C19H20N4OS/c1-4-13(3)22-23-19-21-16-11-14(9-10-17(16)25-19)20-18(24)15-8-6-5-7-12(15)2/h5-11H,4H2,1-3H3,(H,20,24)(H,21,23)/b22-13-. The zero-order valence-corrected chi connectivity index (χ0v) is 15.3. The summed E-state index contributed by atoms with van der Waals surface area (Å²) in [6, 6.07) is 13.3. The highest BCUT2D eigenvalue weighted by Crippen LogP contribution is 2.28. The van der Waals surface area contributed by atoms with Gasteiger partial charge in [0.25, 0.3) is 5.91 Å². The van der Waals surface area contributed by atoms with Gasteiger partial charge in [0.2, 0.25) is 5.13 Å². The Bertz CT molecular complexity index is 946. The molecule has 0 unspecified atom stereocenters. The Hall–Kier alpha value is -2.73. The van der Waals surface area contributed by atoms with E-state index < -0.39 is 0 Å². The van der Waals surface area contributed by atoms with Crippen molar-refractivity contribution in [2.75, 3.05) is 10.7 Å². The summed E-state index contributed by atoms with van der Waals surface area (Å²) in [6.45, 7) is 5.96. The van der Waals surface area contributed by atoms with Crippen LogP contribution in [0.15, 0.2) is 47.6 Å². The van der Waals surface area contributed by atoms with Crippen molar-refractivity contribution in [3.63, 3.8) is 0 Å². The highest BCUT2D eigenvalue weighted by Gasteiger charge is 2.10. The Kier molecular flexibility index (Phi) is 5.09. The number of nitrogens with zero attached hydrogens (tertiary/aromatic N) is 2. The molecule has 5 nitrogen and oxygen atoms in total. The van der Waals surface area contributed by atoms with E-state index >= 15 is 0 Å². The first kappa shape index (κ1) is 17.1. The average molecular weight is 352 g/mol. The molecule has 0 atom stereocenters. The molecule has 0 aliphatic carbocycles. The minimum Gasteiger partial charge on any atom is -0.322 e. The monoisotopic (exact) mass is 352 g/mol. The van der Waals surface area contributed by atoms with E-state index in [1.54, 1.807) is 0 Å². The Morgan fingerprint density at radius 2 is 2.04 bits per heavy atom. The molecule has 2 N–H and O–H groups in total. The second-order valence-electron chi connectivity index (χ2n) is 5.78. The van der Waals surface area contributed by atoms with E-state index in [1.165, 1.54) is 11.3 Å². The molecule has 2 aromatic carbocycles. The maximum absolute atomic E-state index is 12.4. The van der Waals surface area contributed by atoms with Crippen LogP contribution in [0.4, 0.5) is 10.8 Å². The Morgan fingerprint density at radius 1 is 1.24 bits per heavy atom. The van der Waals surface area contributed by atoms with Gasteiger partial charge in [-0.3, -0.25) is 10.2 Å². The third kappa shape index (κ3) is 4.03. The van der Waals surface area contributed by atoms with Gasteiger partial charge in [-0.2, -0.15) is 5.10 Å². The predicted octanol–water partition coefficient (Wildman–Crippen LogP) is 5.05. The molecule has 3 rings (SSSR count). The van der Waals surface area contributed by atoms with Gasteiger partial charge < -0.3 is 5.32 Å². The molecule has 0 aliphatic heterocycles. The molecular formula is C19H20N4OS. The summed E-state index contributed by atoms with van der Waals surface area (Å²) in [5, 5.41) is 7.95. The molecule has 3 aromatic rings. The van der Waals surface area contributed by atoms with Crippen LogP contribution in [0.25, 0.3) is 10.2 Å². The van der Waals surface area contributed by atoms with E-state index in [0.29, 0.717) is 5.56 Å². The number of nitrogens with one attached hydrogen (secondary N) is 2. The Labute approximate surface area is 150 Å². The van der Waals surface area contributed by atoms with Crippen LogP contribution in [0, 0.1) is 6.92 Å². The van der Waals surface area contributed by atoms with Gasteiger partial charge in [-0.15, -0.1) is 0 Å². The lowest BCUT2D eigenvalue weighted by atomic mass is 10.1. The van der Waals surface area contributed by atoms with Crippen LogP contribution in [0.2, 0.25) is 0 Å². The number of aromatic nitrogens is 1. The van der Waals surface area contributed by atoms with E-state index in [9.17, 15) is 4.79 Å². The molecule has 0 radical (unpaired) electrons. The molecule has 0 fully saturated rings. The van der Waals surface area contributed by atoms with E-state index in [4.69, 9.17) is 0 Å². The number of hydrogen-bond acceptors (Lipinski definition) is 5. The van der Waals surface area contributed by atoms with Gasteiger partial charge in [0.05, 0.1) is 10.2 Å². The van der Waals surface area contributed by atoms with Crippen molar-refractivity contribution in [3.8, 4) is 0 Å². The molecule has 128 valence electrons. The summed E-state index contributed by atoms with van der Waals surface area (Å²) >= 11 is 1.53. The van der Waals surface area contributed by atoms with Crippen molar-refractivity contribution >= 4 is 44.0 Å². The SMILES string of the molecule is CC/C(C)=N\Nc1nc2cc(NC(=O)c3ccccc3C)ccc2s1. The molecule has 6 heteroatoms. The fraction of sp³-hybridized carbons (Fsp3) is 0.211. The first-order valence-electron chi connectivity index (χ1n) is 8.13. The summed E-state index contributed by atoms with van der Waals surface area (Å²) in [4.78, 5) is 17.0. The van der Waals surface area contributed by atoms with Crippen molar-refractivity contribution in [1.82, 2.24) is 4.98 Å². The molecule has 1 aromatic heterocycles. The Morgan fingerprint density at radius 3 is 2.80 bits per heavy atom. The van der Waals surface area contributed by atoms with Gasteiger partial charge in [-0.05, 0) is 50.1 Å². The maximum atomic E-state index is 12.4. The van der Waals surface area contributed by atoms with Crippen molar-refractivity contribution in [1.29, 1.82) is 0 Å². The summed E-state index contributed by atoms with van der Waals surface area (Å²) in [6.07, 6.45) is 0.896. The number of aryl methyl sites for hydroxylation is 1. The molecule has 25 heavy (non-hydrogen) atoms. The zero-order valence-electron chi connectivity index (χ0n) is 14.5. The number of anilines is 2. The third-order valence-corrected chi connectivity index (χ3v) is 4.83. The molecule has 0 saturated heterocycles. The molecule has 0 bridgehead atoms. The number of carbonyl (C=O) groups excluding carboxylic acids is 1. The lowest BCUT2D eigenvalue weighted by Crippen LogP contribution is -2.13. The number of hydrogen-bond donors (Lipinski definition) is 2. The zero-order chi connectivity index (χ0) is 17.8. The predicted molar refractivity (Wildman–Crippen MR) is 106 cm³/mol. The molecular weight excluding hydrogens is 332 g/mol. The highest BCUT2D eigenvalue weighted by molar-refractivity contribution is 7.22. The number of rotatable bonds is 5. The van der Waals surface area contributed by atoms with Crippen molar-refractivity contribution in [2.24, 2.45) is 5.10 Å². The fourth-order valence-corrected chi connectivity index (χ4v) is 3.09.